The van der Waals surface area contributed by atoms with Gasteiger partial charge in [-0.3, -0.25) is 19.7 Å². The van der Waals surface area contributed by atoms with Crippen LogP contribution in [0.3, 0.4) is 0 Å². The Hall–Kier alpha value is -4.34. The number of aromatic nitrogens is 7. The molecule has 0 spiro atoms. The second kappa shape index (κ2) is 6.92. The average Bonchev–Trinajstić information content (AvgIpc) is 3.38. The van der Waals surface area contributed by atoms with Gasteiger partial charge in [-0.25, -0.2) is 0 Å². The van der Waals surface area contributed by atoms with E-state index in [1.807, 2.05) is 24.3 Å². The molecular weight excluding hydrogens is 384 g/mol. The number of anilines is 1. The van der Waals surface area contributed by atoms with Crippen LogP contribution in [0.15, 0.2) is 53.5 Å². The highest BCUT2D eigenvalue weighted by atomic mass is 16.2. The van der Waals surface area contributed by atoms with Crippen molar-refractivity contribution < 1.29 is 4.79 Å². The number of rotatable bonds is 4. The summed E-state index contributed by atoms with van der Waals surface area (Å²) in [6.07, 6.45) is 1.93. The fourth-order valence-electron chi connectivity index (χ4n) is 3.27. The molecule has 0 saturated heterocycles. The molecule has 10 nitrogen and oxygen atoms in total. The summed E-state index contributed by atoms with van der Waals surface area (Å²) in [6.45, 7) is 1.75. The summed E-state index contributed by atoms with van der Waals surface area (Å²) in [5.74, 6) is 0.0692. The molecule has 0 aliphatic carbocycles. The summed E-state index contributed by atoms with van der Waals surface area (Å²) in [6, 6.07) is 12.4. The van der Waals surface area contributed by atoms with Gasteiger partial charge in [-0.1, -0.05) is 24.3 Å². The number of pyridine rings is 1. The molecule has 5 aromatic rings. The van der Waals surface area contributed by atoms with Gasteiger partial charge in [0, 0.05) is 24.2 Å². The van der Waals surface area contributed by atoms with E-state index in [1.165, 1.54) is 10.6 Å². The first kappa shape index (κ1) is 17.7. The lowest BCUT2D eigenvalue weighted by molar-refractivity contribution is -0.115. The maximum Gasteiger partial charge on any atom is 0.274 e. The molecule has 4 aromatic heterocycles. The van der Waals surface area contributed by atoms with Gasteiger partial charge in [0.1, 0.15) is 11.2 Å². The predicted octanol–water partition coefficient (Wildman–Crippen LogP) is 2.37. The number of carbonyl (C=O) groups excluding carboxylic acids is 1. The third kappa shape index (κ3) is 2.91. The van der Waals surface area contributed by atoms with Gasteiger partial charge in [0.15, 0.2) is 5.82 Å². The van der Waals surface area contributed by atoms with Gasteiger partial charge in [-0.05, 0) is 24.3 Å². The first-order chi connectivity index (χ1) is 14.6. The van der Waals surface area contributed by atoms with E-state index < -0.39 is 0 Å². The molecule has 1 aromatic carbocycles. The smallest absolute Gasteiger partial charge is 0.274 e. The van der Waals surface area contributed by atoms with Crippen molar-refractivity contribution >= 4 is 28.4 Å². The third-order valence-corrected chi connectivity index (χ3v) is 4.75. The molecule has 0 fully saturated rings. The second-order valence-electron chi connectivity index (χ2n) is 6.67. The number of hydrogen-bond donors (Lipinski definition) is 3. The standard InChI is InChI=1S/C20H16N8O2/c1-2-16(29)23-19-18(13-5-3-4-8-21-13)20-22-14(10-17(30)28(20)26-19)11-6-7-12-15(9-11)25-27-24-12/h3-10,22H,2H2,1H3,(H,23,26,29)(H,24,25,27). The van der Waals surface area contributed by atoms with Gasteiger partial charge in [0.05, 0.1) is 22.5 Å². The van der Waals surface area contributed by atoms with Crippen LogP contribution in [0.5, 0.6) is 0 Å². The molecule has 1 amide bonds. The first-order valence-electron chi connectivity index (χ1n) is 9.32. The molecule has 10 heteroatoms. The zero-order valence-corrected chi connectivity index (χ0v) is 15.9. The molecule has 0 saturated carbocycles. The minimum absolute atomic E-state index is 0.208. The number of hydrogen-bond acceptors (Lipinski definition) is 6. The molecule has 0 atom stereocenters. The van der Waals surface area contributed by atoms with Crippen molar-refractivity contribution in [1.29, 1.82) is 0 Å². The molecule has 5 rings (SSSR count). The highest BCUT2D eigenvalue weighted by Crippen LogP contribution is 2.30. The Kier molecular flexibility index (Phi) is 4.09. The second-order valence-corrected chi connectivity index (χ2v) is 6.67. The van der Waals surface area contributed by atoms with E-state index in [1.54, 1.807) is 25.3 Å². The highest BCUT2D eigenvalue weighted by Gasteiger charge is 2.20. The number of nitrogens with zero attached hydrogens (tertiary/aromatic N) is 5. The van der Waals surface area contributed by atoms with Crippen molar-refractivity contribution in [1.82, 2.24) is 35.0 Å². The molecule has 0 unspecified atom stereocenters. The van der Waals surface area contributed by atoms with Crippen molar-refractivity contribution in [2.24, 2.45) is 0 Å². The SMILES string of the molecule is CCC(=O)Nc1nn2c(=O)cc(-c3ccc4nn[nH]c4c3)[nH]c2c1-c1ccccn1. The molecule has 30 heavy (non-hydrogen) atoms. The molecule has 3 N–H and O–H groups in total. The van der Waals surface area contributed by atoms with Crippen molar-refractivity contribution in [2.45, 2.75) is 13.3 Å². The minimum Gasteiger partial charge on any atom is -0.339 e. The van der Waals surface area contributed by atoms with E-state index in [-0.39, 0.29) is 23.7 Å². The molecule has 0 aliphatic heterocycles. The van der Waals surface area contributed by atoms with Crippen LogP contribution in [0.1, 0.15) is 13.3 Å². The molecule has 4 heterocycles. The lowest BCUT2D eigenvalue weighted by Crippen LogP contribution is -2.15. The van der Waals surface area contributed by atoms with E-state index in [2.05, 4.69) is 35.8 Å². The van der Waals surface area contributed by atoms with Crippen LogP contribution in [0.25, 0.3) is 39.2 Å². The third-order valence-electron chi connectivity index (χ3n) is 4.75. The van der Waals surface area contributed by atoms with Crippen molar-refractivity contribution in [3.05, 3.63) is 59.0 Å². The van der Waals surface area contributed by atoms with Crippen LogP contribution in [-0.4, -0.2) is 40.9 Å². The Morgan fingerprint density at radius 2 is 2.10 bits per heavy atom. The monoisotopic (exact) mass is 400 g/mol. The quantitative estimate of drug-likeness (QED) is 0.424. The Morgan fingerprint density at radius 3 is 2.90 bits per heavy atom. The summed E-state index contributed by atoms with van der Waals surface area (Å²) in [5, 5.41) is 17.7. The topological polar surface area (TPSA) is 134 Å². The van der Waals surface area contributed by atoms with Gasteiger partial charge in [-0.2, -0.15) is 4.52 Å². The molecule has 0 aliphatic rings. The Labute approximate surface area is 169 Å². The van der Waals surface area contributed by atoms with Crippen molar-refractivity contribution in [2.75, 3.05) is 5.32 Å². The highest BCUT2D eigenvalue weighted by molar-refractivity contribution is 5.97. The van der Waals surface area contributed by atoms with Crippen LogP contribution in [0.2, 0.25) is 0 Å². The van der Waals surface area contributed by atoms with Crippen LogP contribution < -0.4 is 10.9 Å². The Morgan fingerprint density at radius 1 is 1.20 bits per heavy atom. The minimum atomic E-state index is -0.337. The molecule has 148 valence electrons. The summed E-state index contributed by atoms with van der Waals surface area (Å²) in [4.78, 5) is 32.5. The molecule has 0 bridgehead atoms. The van der Waals surface area contributed by atoms with Gasteiger partial charge in [0.25, 0.3) is 5.56 Å². The predicted molar refractivity (Wildman–Crippen MR) is 111 cm³/mol. The summed E-state index contributed by atoms with van der Waals surface area (Å²) in [5.41, 5.74) is 4.07. The van der Waals surface area contributed by atoms with E-state index in [4.69, 9.17) is 0 Å². The fourth-order valence-corrected chi connectivity index (χ4v) is 3.27. The Bertz CT molecular complexity index is 1450. The number of amides is 1. The number of carbonyl (C=O) groups is 1. The van der Waals surface area contributed by atoms with E-state index in [0.29, 0.717) is 22.6 Å². The van der Waals surface area contributed by atoms with E-state index in [0.717, 1.165) is 16.6 Å². The number of benzene rings is 1. The maximum atomic E-state index is 12.9. The van der Waals surface area contributed by atoms with Gasteiger partial charge in [0.2, 0.25) is 5.91 Å². The Balaban J connectivity index is 1.76. The average molecular weight is 400 g/mol. The van der Waals surface area contributed by atoms with Gasteiger partial charge >= 0.3 is 0 Å². The summed E-state index contributed by atoms with van der Waals surface area (Å²) < 4.78 is 1.23. The number of fused-ring (bicyclic) bond motifs is 2. The van der Waals surface area contributed by atoms with Crippen LogP contribution in [-0.2, 0) is 4.79 Å². The first-order valence-corrected chi connectivity index (χ1v) is 9.32. The normalized spacial score (nSPS) is 11.2. The largest absolute Gasteiger partial charge is 0.339 e. The molecule has 0 radical (unpaired) electrons. The van der Waals surface area contributed by atoms with Crippen LogP contribution in [0, 0.1) is 0 Å². The van der Waals surface area contributed by atoms with E-state index in [9.17, 15) is 9.59 Å². The summed E-state index contributed by atoms with van der Waals surface area (Å²) >= 11 is 0. The number of aromatic amines is 2. The lowest BCUT2D eigenvalue weighted by atomic mass is 10.1. The number of H-pyrrole nitrogens is 2. The van der Waals surface area contributed by atoms with E-state index >= 15 is 0 Å². The fraction of sp³-hybridized carbons (Fsp3) is 0.100. The van der Waals surface area contributed by atoms with Crippen molar-refractivity contribution in [3.8, 4) is 22.5 Å². The van der Waals surface area contributed by atoms with Gasteiger partial charge < -0.3 is 10.3 Å². The van der Waals surface area contributed by atoms with Crippen LogP contribution in [0.4, 0.5) is 5.82 Å². The maximum absolute atomic E-state index is 12.9. The van der Waals surface area contributed by atoms with Crippen molar-refractivity contribution in [3.63, 3.8) is 0 Å². The van der Waals surface area contributed by atoms with Crippen LogP contribution >= 0.6 is 0 Å². The van der Waals surface area contributed by atoms with Gasteiger partial charge in [-0.15, -0.1) is 10.2 Å². The zero-order valence-electron chi connectivity index (χ0n) is 15.9. The molecular formula is C20H16N8O2. The lowest BCUT2D eigenvalue weighted by Gasteiger charge is -2.05. The number of nitrogens with one attached hydrogen (secondary N) is 3. The summed E-state index contributed by atoms with van der Waals surface area (Å²) in [7, 11) is 0. The zero-order chi connectivity index (χ0) is 20.7.